The van der Waals surface area contributed by atoms with Crippen LogP contribution in [0.2, 0.25) is 0 Å². The lowest BCUT2D eigenvalue weighted by Crippen LogP contribution is -2.39. The molecular weight excluding hydrogens is 214 g/mol. The molecule has 17 heavy (non-hydrogen) atoms. The molecule has 2 unspecified atom stereocenters. The van der Waals surface area contributed by atoms with Gasteiger partial charge in [0.2, 0.25) is 0 Å². The fourth-order valence-electron chi connectivity index (χ4n) is 3.16. The Balaban J connectivity index is 1.75. The van der Waals surface area contributed by atoms with Crippen LogP contribution in [-0.2, 0) is 9.47 Å². The van der Waals surface area contributed by atoms with Crippen molar-refractivity contribution in [2.24, 2.45) is 17.8 Å². The molecule has 2 aliphatic rings. The third kappa shape index (κ3) is 3.94. The molecule has 0 amide bonds. The molecule has 2 fully saturated rings. The lowest BCUT2D eigenvalue weighted by Gasteiger charge is -2.36. The van der Waals surface area contributed by atoms with Crippen LogP contribution in [0.5, 0.6) is 0 Å². The standard InChI is InChI=1S/C14H27NO2/c1-12(2)14-4-8-17-11-13(14)3-5-15-6-9-16-10-7-15/h12-14H,3-11H2,1-2H3. The largest absolute Gasteiger partial charge is 0.381 e. The average Bonchev–Trinajstić information content (AvgIpc) is 2.38. The van der Waals surface area contributed by atoms with Crippen molar-refractivity contribution in [1.82, 2.24) is 4.90 Å². The van der Waals surface area contributed by atoms with Crippen molar-refractivity contribution in [3.63, 3.8) is 0 Å². The van der Waals surface area contributed by atoms with Crippen molar-refractivity contribution in [3.8, 4) is 0 Å². The first kappa shape index (κ1) is 13.3. The number of hydrogen-bond donors (Lipinski definition) is 0. The topological polar surface area (TPSA) is 21.7 Å². The smallest absolute Gasteiger partial charge is 0.0594 e. The van der Waals surface area contributed by atoms with Crippen LogP contribution in [0.1, 0.15) is 26.7 Å². The van der Waals surface area contributed by atoms with Gasteiger partial charge in [-0.25, -0.2) is 0 Å². The van der Waals surface area contributed by atoms with Gasteiger partial charge in [-0.2, -0.15) is 0 Å². The number of nitrogens with zero attached hydrogens (tertiary/aromatic N) is 1. The van der Waals surface area contributed by atoms with Crippen LogP contribution >= 0.6 is 0 Å². The Kier molecular flexibility index (Phi) is 5.26. The Morgan fingerprint density at radius 1 is 1.12 bits per heavy atom. The summed E-state index contributed by atoms with van der Waals surface area (Å²) in [5.41, 5.74) is 0. The number of rotatable bonds is 4. The zero-order valence-corrected chi connectivity index (χ0v) is 11.4. The fraction of sp³-hybridized carbons (Fsp3) is 1.00. The van der Waals surface area contributed by atoms with Crippen molar-refractivity contribution in [1.29, 1.82) is 0 Å². The zero-order valence-electron chi connectivity index (χ0n) is 11.4. The minimum atomic E-state index is 0.770. The van der Waals surface area contributed by atoms with Gasteiger partial charge < -0.3 is 9.47 Å². The normalized spacial score (nSPS) is 31.9. The summed E-state index contributed by atoms with van der Waals surface area (Å²) >= 11 is 0. The van der Waals surface area contributed by atoms with Crippen molar-refractivity contribution < 1.29 is 9.47 Å². The maximum atomic E-state index is 5.66. The maximum absolute atomic E-state index is 5.66. The lowest BCUT2D eigenvalue weighted by molar-refractivity contribution is -0.0131. The predicted octanol–water partition coefficient (Wildman–Crippen LogP) is 2.02. The second-order valence-corrected chi connectivity index (χ2v) is 5.77. The van der Waals surface area contributed by atoms with Crippen LogP contribution in [0, 0.1) is 17.8 Å². The Bertz CT molecular complexity index is 214. The van der Waals surface area contributed by atoms with Gasteiger partial charge in [0.25, 0.3) is 0 Å². The number of ether oxygens (including phenoxy) is 2. The average molecular weight is 241 g/mol. The summed E-state index contributed by atoms with van der Waals surface area (Å²) in [6.45, 7) is 11.9. The van der Waals surface area contributed by atoms with Crippen LogP contribution in [0.3, 0.4) is 0 Å². The van der Waals surface area contributed by atoms with Gasteiger partial charge in [-0.1, -0.05) is 13.8 Å². The van der Waals surface area contributed by atoms with E-state index in [1.165, 1.54) is 19.4 Å². The van der Waals surface area contributed by atoms with Gasteiger partial charge in [0, 0.05) is 26.3 Å². The van der Waals surface area contributed by atoms with Gasteiger partial charge in [-0.05, 0) is 37.1 Å². The van der Waals surface area contributed by atoms with E-state index in [1.807, 2.05) is 0 Å². The SMILES string of the molecule is CC(C)C1CCOCC1CCN1CCOCC1. The number of hydrogen-bond acceptors (Lipinski definition) is 3. The third-order valence-electron chi connectivity index (χ3n) is 4.31. The first-order chi connectivity index (χ1) is 8.27. The fourth-order valence-corrected chi connectivity index (χ4v) is 3.16. The maximum Gasteiger partial charge on any atom is 0.0594 e. The summed E-state index contributed by atoms with van der Waals surface area (Å²) < 4.78 is 11.0. The van der Waals surface area contributed by atoms with E-state index >= 15 is 0 Å². The van der Waals surface area contributed by atoms with Gasteiger partial charge in [-0.3, -0.25) is 4.90 Å². The molecule has 2 saturated heterocycles. The molecule has 3 heteroatoms. The molecule has 0 saturated carbocycles. The quantitative estimate of drug-likeness (QED) is 0.751. The van der Waals surface area contributed by atoms with E-state index < -0.39 is 0 Å². The highest BCUT2D eigenvalue weighted by Gasteiger charge is 2.28. The molecule has 2 heterocycles. The van der Waals surface area contributed by atoms with Crippen LogP contribution < -0.4 is 0 Å². The summed E-state index contributed by atoms with van der Waals surface area (Å²) in [5, 5.41) is 0. The van der Waals surface area contributed by atoms with E-state index in [0.29, 0.717) is 0 Å². The van der Waals surface area contributed by atoms with Gasteiger partial charge in [0.15, 0.2) is 0 Å². The zero-order chi connectivity index (χ0) is 12.1. The Labute approximate surface area is 105 Å². The molecule has 100 valence electrons. The van der Waals surface area contributed by atoms with E-state index in [9.17, 15) is 0 Å². The van der Waals surface area contributed by atoms with Crippen molar-refractivity contribution in [2.45, 2.75) is 26.7 Å². The molecule has 0 aromatic carbocycles. The Morgan fingerprint density at radius 2 is 1.88 bits per heavy atom. The van der Waals surface area contributed by atoms with Crippen molar-refractivity contribution in [2.75, 3.05) is 46.1 Å². The molecule has 2 aliphatic heterocycles. The molecule has 3 nitrogen and oxygen atoms in total. The van der Waals surface area contributed by atoms with Crippen LogP contribution in [0.4, 0.5) is 0 Å². The molecule has 0 radical (unpaired) electrons. The molecule has 0 aromatic heterocycles. The van der Waals surface area contributed by atoms with Crippen molar-refractivity contribution >= 4 is 0 Å². The summed E-state index contributed by atoms with van der Waals surface area (Å²) in [6, 6.07) is 0. The molecule has 0 aliphatic carbocycles. The second kappa shape index (κ2) is 6.72. The minimum absolute atomic E-state index is 0.770. The Morgan fingerprint density at radius 3 is 2.59 bits per heavy atom. The molecule has 0 spiro atoms. The first-order valence-corrected chi connectivity index (χ1v) is 7.15. The van der Waals surface area contributed by atoms with E-state index in [0.717, 1.165) is 57.3 Å². The third-order valence-corrected chi connectivity index (χ3v) is 4.31. The summed E-state index contributed by atoms with van der Waals surface area (Å²) in [4.78, 5) is 2.54. The summed E-state index contributed by atoms with van der Waals surface area (Å²) in [6.07, 6.45) is 2.55. The van der Waals surface area contributed by atoms with Crippen LogP contribution in [-0.4, -0.2) is 51.0 Å². The molecule has 2 rings (SSSR count). The predicted molar refractivity (Wildman–Crippen MR) is 69.1 cm³/mol. The molecule has 0 aromatic rings. The Hall–Kier alpha value is -0.120. The van der Waals surface area contributed by atoms with Gasteiger partial charge >= 0.3 is 0 Å². The number of morpholine rings is 1. The van der Waals surface area contributed by atoms with Gasteiger partial charge in [-0.15, -0.1) is 0 Å². The molecular formula is C14H27NO2. The molecule has 0 N–H and O–H groups in total. The molecule has 0 bridgehead atoms. The van der Waals surface area contributed by atoms with Gasteiger partial charge in [0.05, 0.1) is 13.2 Å². The van der Waals surface area contributed by atoms with Crippen molar-refractivity contribution in [3.05, 3.63) is 0 Å². The second-order valence-electron chi connectivity index (χ2n) is 5.77. The van der Waals surface area contributed by atoms with E-state index in [4.69, 9.17) is 9.47 Å². The highest BCUT2D eigenvalue weighted by Crippen LogP contribution is 2.31. The van der Waals surface area contributed by atoms with Crippen LogP contribution in [0.25, 0.3) is 0 Å². The summed E-state index contributed by atoms with van der Waals surface area (Å²) in [7, 11) is 0. The van der Waals surface area contributed by atoms with Crippen LogP contribution in [0.15, 0.2) is 0 Å². The lowest BCUT2D eigenvalue weighted by atomic mass is 9.78. The first-order valence-electron chi connectivity index (χ1n) is 7.15. The van der Waals surface area contributed by atoms with Gasteiger partial charge in [0.1, 0.15) is 0 Å². The van der Waals surface area contributed by atoms with E-state index in [-0.39, 0.29) is 0 Å². The minimum Gasteiger partial charge on any atom is -0.381 e. The summed E-state index contributed by atoms with van der Waals surface area (Å²) in [5.74, 6) is 2.44. The monoisotopic (exact) mass is 241 g/mol. The highest BCUT2D eigenvalue weighted by molar-refractivity contribution is 4.77. The molecule has 2 atom stereocenters. The van der Waals surface area contributed by atoms with E-state index in [2.05, 4.69) is 18.7 Å². The van der Waals surface area contributed by atoms with E-state index in [1.54, 1.807) is 0 Å². The highest BCUT2D eigenvalue weighted by atomic mass is 16.5.